The maximum absolute atomic E-state index is 15.7. The minimum Gasteiger partial charge on any atom is -0.507 e. The Morgan fingerprint density at radius 2 is 0.670 bits per heavy atom. The Labute approximate surface area is 499 Å². The Hall–Kier alpha value is -8.98. The van der Waals surface area contributed by atoms with Gasteiger partial charge in [0.1, 0.15) is 55.8 Å². The number of esters is 11. The van der Waals surface area contributed by atoms with E-state index in [-0.39, 0.29) is 0 Å². The minimum atomic E-state index is -2.44. The average molecular weight is 1260 g/mol. The molecule has 0 aromatic heterocycles. The number of fused-ring (bicyclic) bond motifs is 1. The SMILES string of the molecule is CCc1c(O)c2c(c(O)c1O[C@H]1O[C@@H](COC(C)=O)[C@H](OC(C)=O)[C@@H](CC(C)=O)[C@@H]1OC(C)=O)C(=O)C(O[C@@H]1O[C@H](COC(C)=O)[C@@H](OC(C)=O)[C@H](OC(C)=O)[C@H]1OC(C)=O)=C(O[C@@H]1O[C@H](COC(C)=O)[C@@H](OC(C)=O)[C@H](OC(C)=O)[C@H]1OC(C)=O)C2=O. The van der Waals surface area contributed by atoms with E-state index in [9.17, 15) is 67.7 Å². The lowest BCUT2D eigenvalue weighted by atomic mass is 9.84. The number of benzene rings is 1. The Bertz CT molecular complexity index is 2980. The molecule has 2 N–H and O–H groups in total. The molecule has 3 fully saturated rings. The second-order valence-corrected chi connectivity index (χ2v) is 20.0. The number of phenolic OH excluding ortho intramolecular Hbond substituents is 2. The molecule has 15 atom stereocenters. The largest absolute Gasteiger partial charge is 0.507 e. The third-order valence-corrected chi connectivity index (χ3v) is 12.9. The van der Waals surface area contributed by atoms with Gasteiger partial charge < -0.3 is 95.5 Å². The van der Waals surface area contributed by atoms with Gasteiger partial charge in [-0.15, -0.1) is 0 Å². The second kappa shape index (κ2) is 30.1. The molecule has 1 aliphatic carbocycles. The number of Topliss-reactive ketones (excluding diaryl/α,β-unsaturated/α-hetero) is 3. The first-order valence-electron chi connectivity index (χ1n) is 26.8. The highest BCUT2D eigenvalue weighted by Crippen LogP contribution is 2.50. The van der Waals surface area contributed by atoms with Crippen molar-refractivity contribution in [2.75, 3.05) is 19.8 Å². The molecule has 0 spiro atoms. The van der Waals surface area contributed by atoms with Gasteiger partial charge in [-0.1, -0.05) is 6.92 Å². The molecule has 1 aromatic rings. The molecule has 0 amide bonds. The van der Waals surface area contributed by atoms with Crippen molar-refractivity contribution in [1.82, 2.24) is 0 Å². The van der Waals surface area contributed by atoms with Gasteiger partial charge in [0.15, 0.2) is 42.0 Å². The van der Waals surface area contributed by atoms with Crippen LogP contribution in [-0.2, 0) is 140 Å². The second-order valence-electron chi connectivity index (χ2n) is 20.0. The van der Waals surface area contributed by atoms with Gasteiger partial charge in [-0.2, -0.15) is 0 Å². The third kappa shape index (κ3) is 17.4. The van der Waals surface area contributed by atoms with Crippen molar-refractivity contribution in [3.8, 4) is 17.2 Å². The fourth-order valence-corrected chi connectivity index (χ4v) is 9.89. The van der Waals surface area contributed by atoms with E-state index in [1.54, 1.807) is 0 Å². The number of hydrogen-bond acceptors (Lipinski definition) is 33. The van der Waals surface area contributed by atoms with Gasteiger partial charge in [0.25, 0.3) is 0 Å². The molecule has 0 saturated carbocycles. The number of phenols is 2. The first kappa shape index (κ1) is 69.8. The Balaban J connectivity index is 1.87. The topological polar surface area (TPSA) is 436 Å². The standard InChI is InChI=1S/C55H66O33/c1-14-31-38(68)36-37(39(69)43(31)86-53-44(76-24(7)61)32(15-19(2)56)42(75-23(6)60)33(83-53)16-72-20(3)57)41(71)48(88-55-52(82-30(13)67)50(80-28(11)65)46(78-26(9)63)35(85-55)18-74-22(5)59)47(40(36)70)87-54-51(81-29(12)66)49(79-27(10)64)45(77-25(8)62)34(84-54)17-73-21(4)58/h32-35,42,44-46,49-55,68-69H,14-18H2,1-13H3/t32-,33+,34-,35-,42-,44+,45-,46-,49+,50+,51-,52-,53-,54+,55+/m1/s1. The maximum Gasteiger partial charge on any atom is 0.303 e. The summed E-state index contributed by atoms with van der Waals surface area (Å²) in [4.78, 5) is 183. The number of hydrogen-bond donors (Lipinski definition) is 2. The van der Waals surface area contributed by atoms with Crippen molar-refractivity contribution >= 4 is 83.0 Å². The molecular weight excluding hydrogens is 1190 g/mol. The van der Waals surface area contributed by atoms with Gasteiger partial charge in [-0.3, -0.25) is 62.3 Å². The summed E-state index contributed by atoms with van der Waals surface area (Å²) in [5.41, 5.74) is -2.92. The Morgan fingerprint density at radius 1 is 0.375 bits per heavy atom. The Morgan fingerprint density at radius 3 is 1.00 bits per heavy atom. The lowest BCUT2D eigenvalue weighted by Gasteiger charge is -2.45. The van der Waals surface area contributed by atoms with Crippen molar-refractivity contribution in [2.24, 2.45) is 5.92 Å². The molecule has 484 valence electrons. The summed E-state index contributed by atoms with van der Waals surface area (Å²) in [6.45, 7) is 10.2. The van der Waals surface area contributed by atoms with E-state index < -0.39 is 253 Å². The van der Waals surface area contributed by atoms with Gasteiger partial charge in [-0.25, -0.2) is 0 Å². The molecule has 88 heavy (non-hydrogen) atoms. The van der Waals surface area contributed by atoms with Crippen LogP contribution in [0.4, 0.5) is 0 Å². The third-order valence-electron chi connectivity index (χ3n) is 12.9. The van der Waals surface area contributed by atoms with E-state index >= 15 is 9.59 Å². The molecule has 3 saturated heterocycles. The molecule has 0 radical (unpaired) electrons. The molecular formula is C55H66O33. The van der Waals surface area contributed by atoms with E-state index in [0.717, 1.165) is 83.1 Å². The molecule has 5 rings (SSSR count). The van der Waals surface area contributed by atoms with E-state index in [4.69, 9.17) is 80.5 Å². The lowest BCUT2D eigenvalue weighted by molar-refractivity contribution is -0.304. The van der Waals surface area contributed by atoms with E-state index in [1.165, 1.54) is 6.92 Å². The van der Waals surface area contributed by atoms with E-state index in [2.05, 4.69) is 0 Å². The summed E-state index contributed by atoms with van der Waals surface area (Å²) >= 11 is 0. The number of rotatable bonds is 23. The number of ether oxygens (including phenoxy) is 17. The molecule has 1 aromatic carbocycles. The summed E-state index contributed by atoms with van der Waals surface area (Å²) in [5, 5.41) is 24.9. The van der Waals surface area contributed by atoms with Crippen LogP contribution in [0.2, 0.25) is 0 Å². The van der Waals surface area contributed by atoms with Gasteiger partial charge in [0, 0.05) is 94.1 Å². The van der Waals surface area contributed by atoms with Crippen molar-refractivity contribution in [3.63, 3.8) is 0 Å². The van der Waals surface area contributed by atoms with Gasteiger partial charge in [0.2, 0.25) is 54.2 Å². The minimum absolute atomic E-state index is 0.452. The highest BCUT2D eigenvalue weighted by atomic mass is 16.8. The number of allylic oxidation sites excluding steroid dienone is 2. The molecule has 3 aliphatic heterocycles. The van der Waals surface area contributed by atoms with Crippen LogP contribution in [0.5, 0.6) is 17.2 Å². The number of aromatic hydroxyl groups is 2. The molecule has 0 unspecified atom stereocenters. The van der Waals surface area contributed by atoms with Crippen LogP contribution in [0.15, 0.2) is 11.5 Å². The normalized spacial score (nSPS) is 27.3. The smallest absolute Gasteiger partial charge is 0.303 e. The fraction of sp³-hybridized carbons (Fsp3) is 0.600. The highest BCUT2D eigenvalue weighted by molar-refractivity contribution is 6.28. The van der Waals surface area contributed by atoms with Gasteiger partial charge >= 0.3 is 65.7 Å². The zero-order valence-electron chi connectivity index (χ0n) is 49.7. The molecule has 33 heteroatoms. The summed E-state index contributed by atoms with van der Waals surface area (Å²) in [5.74, 6) is -23.2. The predicted molar refractivity (Wildman–Crippen MR) is 277 cm³/mol. The van der Waals surface area contributed by atoms with Crippen LogP contribution in [0, 0.1) is 5.92 Å². The fourth-order valence-electron chi connectivity index (χ4n) is 9.89. The summed E-state index contributed by atoms with van der Waals surface area (Å²) < 4.78 is 96.4. The monoisotopic (exact) mass is 1250 g/mol. The highest BCUT2D eigenvalue weighted by Gasteiger charge is 2.58. The molecule has 0 bridgehead atoms. The van der Waals surface area contributed by atoms with Crippen LogP contribution in [0.3, 0.4) is 0 Å². The number of ketones is 3. The van der Waals surface area contributed by atoms with E-state index in [1.807, 2.05) is 0 Å². The average Bonchev–Trinajstić information content (AvgIpc) is 1.11. The van der Waals surface area contributed by atoms with Crippen molar-refractivity contribution in [3.05, 3.63) is 28.2 Å². The van der Waals surface area contributed by atoms with Crippen LogP contribution in [0.1, 0.15) is 123 Å². The lowest BCUT2D eigenvalue weighted by Crippen LogP contribution is -2.63. The first-order valence-corrected chi connectivity index (χ1v) is 26.8. The van der Waals surface area contributed by atoms with Gasteiger partial charge in [0.05, 0.1) is 11.1 Å². The van der Waals surface area contributed by atoms with E-state index in [0.29, 0.717) is 0 Å². The van der Waals surface area contributed by atoms with Crippen LogP contribution < -0.4 is 4.74 Å². The molecule has 3 heterocycles. The summed E-state index contributed by atoms with van der Waals surface area (Å²) in [6.07, 6.45) is -28.5. The quantitative estimate of drug-likeness (QED) is 0.0859. The Kier molecular flexibility index (Phi) is 23.9. The van der Waals surface area contributed by atoms with Crippen LogP contribution in [0.25, 0.3) is 0 Å². The van der Waals surface area contributed by atoms with Gasteiger partial charge in [-0.05, 0) is 13.3 Å². The first-order chi connectivity index (χ1) is 41.1. The zero-order chi connectivity index (χ0) is 65.9. The number of carbonyl (C=O) groups excluding carboxylic acids is 14. The van der Waals surface area contributed by atoms with Crippen LogP contribution in [-0.4, -0.2) is 199 Å². The van der Waals surface area contributed by atoms with Crippen molar-refractivity contribution in [1.29, 1.82) is 0 Å². The zero-order valence-corrected chi connectivity index (χ0v) is 49.7. The summed E-state index contributed by atoms with van der Waals surface area (Å²) in [6, 6.07) is 0. The maximum atomic E-state index is 15.7. The molecule has 33 nitrogen and oxygen atoms in total. The number of carbonyl (C=O) groups is 14. The summed E-state index contributed by atoms with van der Waals surface area (Å²) in [7, 11) is 0. The predicted octanol–water partition coefficient (Wildman–Crippen LogP) is 0.576. The van der Waals surface area contributed by atoms with Crippen molar-refractivity contribution in [2.45, 2.75) is 189 Å². The molecule has 4 aliphatic rings. The van der Waals surface area contributed by atoms with Crippen LogP contribution >= 0.6 is 0 Å². The van der Waals surface area contributed by atoms with Crippen molar-refractivity contribution < 1.29 is 158 Å².